The summed E-state index contributed by atoms with van der Waals surface area (Å²) < 4.78 is 5.10. The van der Waals surface area contributed by atoms with Gasteiger partial charge in [0, 0.05) is 10.6 Å². The van der Waals surface area contributed by atoms with Crippen molar-refractivity contribution in [2.75, 3.05) is 5.73 Å². The van der Waals surface area contributed by atoms with E-state index in [-0.39, 0.29) is 6.01 Å². The minimum absolute atomic E-state index is 0.0550. The zero-order valence-electron chi connectivity index (χ0n) is 7.49. The van der Waals surface area contributed by atoms with Gasteiger partial charge in [0.25, 0.3) is 0 Å². The van der Waals surface area contributed by atoms with Crippen LogP contribution in [-0.4, -0.2) is 10.2 Å². The van der Waals surface area contributed by atoms with E-state index in [1.165, 1.54) is 0 Å². The van der Waals surface area contributed by atoms with E-state index in [0.717, 1.165) is 11.1 Å². The first-order chi connectivity index (χ1) is 6.66. The number of nitrogens with two attached hydrogens (primary N) is 1. The average molecular weight is 210 g/mol. The molecule has 4 nitrogen and oxygen atoms in total. The number of benzene rings is 1. The molecule has 2 rings (SSSR count). The highest BCUT2D eigenvalue weighted by molar-refractivity contribution is 6.30. The third-order valence-electron chi connectivity index (χ3n) is 1.87. The highest BCUT2D eigenvalue weighted by Gasteiger charge is 2.09. The van der Waals surface area contributed by atoms with Crippen LogP contribution in [0, 0.1) is 6.92 Å². The molecule has 5 heteroatoms. The van der Waals surface area contributed by atoms with Gasteiger partial charge >= 0.3 is 6.01 Å². The first-order valence-corrected chi connectivity index (χ1v) is 4.40. The lowest BCUT2D eigenvalue weighted by Gasteiger charge is -2.00. The van der Waals surface area contributed by atoms with Crippen molar-refractivity contribution in [2.45, 2.75) is 6.92 Å². The van der Waals surface area contributed by atoms with Crippen LogP contribution in [0.25, 0.3) is 11.5 Å². The molecule has 0 saturated heterocycles. The molecule has 0 aliphatic rings. The highest BCUT2D eigenvalue weighted by Crippen LogP contribution is 2.25. The summed E-state index contributed by atoms with van der Waals surface area (Å²) in [7, 11) is 0. The van der Waals surface area contributed by atoms with Crippen molar-refractivity contribution in [3.63, 3.8) is 0 Å². The minimum Gasteiger partial charge on any atom is -0.404 e. The summed E-state index contributed by atoms with van der Waals surface area (Å²) in [6.45, 7) is 1.94. The van der Waals surface area contributed by atoms with E-state index in [0.29, 0.717) is 10.9 Å². The van der Waals surface area contributed by atoms with Crippen molar-refractivity contribution in [1.29, 1.82) is 0 Å². The lowest BCUT2D eigenvalue weighted by molar-refractivity contribution is 0.590. The molecule has 1 aromatic heterocycles. The summed E-state index contributed by atoms with van der Waals surface area (Å²) in [5, 5.41) is 8.00. The molecule has 0 saturated carbocycles. The normalized spacial score (nSPS) is 10.4. The first kappa shape index (κ1) is 9.02. The molecule has 0 atom stereocenters. The van der Waals surface area contributed by atoms with Crippen molar-refractivity contribution in [2.24, 2.45) is 0 Å². The number of halogens is 1. The first-order valence-electron chi connectivity index (χ1n) is 4.02. The number of aromatic nitrogens is 2. The molecule has 0 aliphatic heterocycles. The Morgan fingerprint density at radius 3 is 2.79 bits per heavy atom. The molecule has 0 spiro atoms. The van der Waals surface area contributed by atoms with E-state index in [4.69, 9.17) is 21.8 Å². The second-order valence-electron chi connectivity index (χ2n) is 2.90. The van der Waals surface area contributed by atoms with Crippen LogP contribution in [0.1, 0.15) is 5.56 Å². The molecule has 72 valence electrons. The zero-order valence-corrected chi connectivity index (χ0v) is 8.25. The summed E-state index contributed by atoms with van der Waals surface area (Å²) >= 11 is 5.85. The average Bonchev–Trinajstić information content (AvgIpc) is 2.56. The summed E-state index contributed by atoms with van der Waals surface area (Å²) in [6, 6.07) is 5.52. The molecule has 2 N–H and O–H groups in total. The monoisotopic (exact) mass is 209 g/mol. The molecule has 0 unspecified atom stereocenters. The van der Waals surface area contributed by atoms with Crippen LogP contribution in [0.15, 0.2) is 22.6 Å². The number of aryl methyl sites for hydroxylation is 1. The largest absolute Gasteiger partial charge is 0.404 e. The Labute approximate surface area is 85.7 Å². The van der Waals surface area contributed by atoms with Crippen molar-refractivity contribution in [3.05, 3.63) is 28.8 Å². The molecule has 0 aliphatic carbocycles. The van der Waals surface area contributed by atoms with Crippen LogP contribution in [0.3, 0.4) is 0 Å². The lowest BCUT2D eigenvalue weighted by atomic mass is 10.1. The van der Waals surface area contributed by atoms with Crippen molar-refractivity contribution in [3.8, 4) is 11.5 Å². The summed E-state index contributed by atoms with van der Waals surface area (Å²) in [5.74, 6) is 0.391. The number of hydrogen-bond donors (Lipinski definition) is 1. The maximum Gasteiger partial charge on any atom is 0.313 e. The predicted octanol–water partition coefficient (Wildman–Crippen LogP) is 2.28. The maximum absolute atomic E-state index is 5.85. The van der Waals surface area contributed by atoms with Crippen molar-refractivity contribution in [1.82, 2.24) is 10.2 Å². The number of nitrogen functional groups attached to an aromatic ring is 1. The summed E-state index contributed by atoms with van der Waals surface area (Å²) in [6.07, 6.45) is 0. The van der Waals surface area contributed by atoms with Crippen molar-refractivity contribution < 1.29 is 4.42 Å². The summed E-state index contributed by atoms with van der Waals surface area (Å²) in [5.41, 5.74) is 7.15. The van der Waals surface area contributed by atoms with Gasteiger partial charge in [-0.05, 0) is 24.6 Å². The quantitative estimate of drug-likeness (QED) is 0.783. The van der Waals surface area contributed by atoms with Gasteiger partial charge in [-0.15, -0.1) is 5.10 Å². The number of nitrogens with zero attached hydrogens (tertiary/aromatic N) is 2. The Morgan fingerprint density at radius 2 is 2.14 bits per heavy atom. The van der Waals surface area contributed by atoms with E-state index in [9.17, 15) is 0 Å². The smallest absolute Gasteiger partial charge is 0.313 e. The van der Waals surface area contributed by atoms with Crippen LogP contribution < -0.4 is 5.73 Å². The molecule has 1 heterocycles. The van der Waals surface area contributed by atoms with E-state index in [1.807, 2.05) is 13.0 Å². The van der Waals surface area contributed by atoms with E-state index >= 15 is 0 Å². The Kier molecular flexibility index (Phi) is 2.13. The van der Waals surface area contributed by atoms with Gasteiger partial charge in [-0.25, -0.2) is 0 Å². The number of hydrogen-bond acceptors (Lipinski definition) is 4. The van der Waals surface area contributed by atoms with Gasteiger partial charge in [0.1, 0.15) is 0 Å². The third-order valence-corrected chi connectivity index (χ3v) is 2.11. The standard InChI is InChI=1S/C9H8ClN3O/c1-5-2-3-6(10)4-7(5)8-12-13-9(11)14-8/h2-4H,1H3,(H2,11,13). The van der Waals surface area contributed by atoms with Gasteiger partial charge in [-0.3, -0.25) is 0 Å². The molecule has 0 amide bonds. The maximum atomic E-state index is 5.85. The molecule has 0 bridgehead atoms. The number of anilines is 1. The number of rotatable bonds is 1. The van der Waals surface area contributed by atoms with Gasteiger partial charge in [0.05, 0.1) is 0 Å². The highest BCUT2D eigenvalue weighted by atomic mass is 35.5. The van der Waals surface area contributed by atoms with Gasteiger partial charge < -0.3 is 10.2 Å². The molecular weight excluding hydrogens is 202 g/mol. The fourth-order valence-corrected chi connectivity index (χ4v) is 1.34. The van der Waals surface area contributed by atoms with Crippen LogP contribution in [0.4, 0.5) is 6.01 Å². The molecular formula is C9H8ClN3O. The fourth-order valence-electron chi connectivity index (χ4n) is 1.17. The van der Waals surface area contributed by atoms with Crippen LogP contribution in [0.5, 0.6) is 0 Å². The van der Waals surface area contributed by atoms with Crippen LogP contribution in [0.2, 0.25) is 5.02 Å². The van der Waals surface area contributed by atoms with Gasteiger partial charge in [-0.2, -0.15) is 0 Å². The lowest BCUT2D eigenvalue weighted by Crippen LogP contribution is -1.83. The Balaban J connectivity index is 2.55. The van der Waals surface area contributed by atoms with Gasteiger partial charge in [0.2, 0.25) is 5.89 Å². The Hall–Kier alpha value is -1.55. The van der Waals surface area contributed by atoms with Crippen LogP contribution >= 0.6 is 11.6 Å². The van der Waals surface area contributed by atoms with Gasteiger partial charge in [-0.1, -0.05) is 22.8 Å². The fraction of sp³-hybridized carbons (Fsp3) is 0.111. The Bertz CT molecular complexity index is 467. The second-order valence-corrected chi connectivity index (χ2v) is 3.34. The topological polar surface area (TPSA) is 64.9 Å². The minimum atomic E-state index is 0.0550. The van der Waals surface area contributed by atoms with E-state index in [2.05, 4.69) is 10.2 Å². The second kappa shape index (κ2) is 3.31. The third kappa shape index (κ3) is 1.56. The Morgan fingerprint density at radius 1 is 1.36 bits per heavy atom. The molecule has 2 aromatic rings. The molecule has 0 radical (unpaired) electrons. The zero-order chi connectivity index (χ0) is 10.1. The van der Waals surface area contributed by atoms with Crippen LogP contribution in [-0.2, 0) is 0 Å². The molecule has 1 aromatic carbocycles. The van der Waals surface area contributed by atoms with E-state index in [1.54, 1.807) is 12.1 Å². The molecule has 14 heavy (non-hydrogen) atoms. The predicted molar refractivity (Wildman–Crippen MR) is 53.9 cm³/mol. The van der Waals surface area contributed by atoms with Crippen molar-refractivity contribution >= 4 is 17.6 Å². The SMILES string of the molecule is Cc1ccc(Cl)cc1-c1nnc(N)o1. The molecule has 0 fully saturated rings. The van der Waals surface area contributed by atoms with Gasteiger partial charge in [0.15, 0.2) is 0 Å². The van der Waals surface area contributed by atoms with E-state index < -0.39 is 0 Å². The summed E-state index contributed by atoms with van der Waals surface area (Å²) in [4.78, 5) is 0.